The lowest BCUT2D eigenvalue weighted by Gasteiger charge is -2.12. The lowest BCUT2D eigenvalue weighted by molar-refractivity contribution is -0.145. The van der Waals surface area contributed by atoms with E-state index in [0.29, 0.717) is 22.5 Å². The van der Waals surface area contributed by atoms with Crippen LogP contribution in [0.15, 0.2) is 28.7 Å². The van der Waals surface area contributed by atoms with E-state index >= 15 is 0 Å². The van der Waals surface area contributed by atoms with E-state index in [-0.39, 0.29) is 18.0 Å². The summed E-state index contributed by atoms with van der Waals surface area (Å²) in [7, 11) is 0. The molecule has 0 bridgehead atoms. The van der Waals surface area contributed by atoms with Gasteiger partial charge in [0.15, 0.2) is 11.9 Å². The van der Waals surface area contributed by atoms with Crippen LogP contribution < -0.4 is 0 Å². The molecule has 0 amide bonds. The average molecular weight is 406 g/mol. The zero-order valence-corrected chi connectivity index (χ0v) is 16.2. The number of rotatable bonds is 6. The highest BCUT2D eigenvalue weighted by Gasteiger charge is 2.25. The van der Waals surface area contributed by atoms with Gasteiger partial charge in [-0.1, -0.05) is 28.1 Å². The van der Waals surface area contributed by atoms with Crippen LogP contribution in [0.1, 0.15) is 51.5 Å². The van der Waals surface area contributed by atoms with Crippen LogP contribution in [0, 0.1) is 13.8 Å². The van der Waals surface area contributed by atoms with Crippen molar-refractivity contribution in [3.8, 4) is 0 Å². The molecule has 0 aliphatic carbocycles. The van der Waals surface area contributed by atoms with Crippen molar-refractivity contribution in [2.24, 2.45) is 0 Å². The Morgan fingerprint density at radius 2 is 1.76 bits per heavy atom. The Kier molecular flexibility index (Phi) is 5.95. The van der Waals surface area contributed by atoms with Gasteiger partial charge >= 0.3 is 5.97 Å². The Hall–Kier alpha value is -2.21. The molecule has 2 aromatic rings. The van der Waals surface area contributed by atoms with Crippen molar-refractivity contribution in [2.75, 3.05) is 0 Å². The molecular formula is C19H20BrNO4. The van der Waals surface area contributed by atoms with Crippen LogP contribution >= 0.6 is 15.9 Å². The van der Waals surface area contributed by atoms with Gasteiger partial charge in [0.05, 0.1) is 12.1 Å². The summed E-state index contributed by atoms with van der Waals surface area (Å²) in [4.78, 5) is 39.2. The van der Waals surface area contributed by atoms with Crippen molar-refractivity contribution in [2.45, 2.75) is 40.2 Å². The fraction of sp³-hybridized carbons (Fsp3) is 0.316. The molecule has 0 saturated carbocycles. The van der Waals surface area contributed by atoms with Gasteiger partial charge < -0.3 is 9.72 Å². The molecule has 0 unspecified atom stereocenters. The minimum Gasteiger partial charge on any atom is -0.454 e. The second-order valence-electron chi connectivity index (χ2n) is 5.98. The number of halogens is 1. The Balaban J connectivity index is 2.07. The van der Waals surface area contributed by atoms with E-state index in [1.807, 2.05) is 24.3 Å². The number of Topliss-reactive ketones (excluding diaryl/α,β-unsaturated/α-hetero) is 2. The Morgan fingerprint density at radius 1 is 1.16 bits per heavy atom. The van der Waals surface area contributed by atoms with Crippen LogP contribution in [-0.4, -0.2) is 28.6 Å². The highest BCUT2D eigenvalue weighted by atomic mass is 79.9. The van der Waals surface area contributed by atoms with Gasteiger partial charge in [0.1, 0.15) is 0 Å². The first-order chi connectivity index (χ1) is 11.7. The van der Waals surface area contributed by atoms with Crippen molar-refractivity contribution in [1.29, 1.82) is 0 Å². The first kappa shape index (κ1) is 19.1. The molecule has 1 aromatic carbocycles. The second-order valence-corrected chi connectivity index (χ2v) is 6.90. The summed E-state index contributed by atoms with van der Waals surface area (Å²) < 4.78 is 6.18. The van der Waals surface area contributed by atoms with Gasteiger partial charge in [0.25, 0.3) is 0 Å². The Bertz CT molecular complexity index is 821. The quantitative estimate of drug-likeness (QED) is 0.582. The summed E-state index contributed by atoms with van der Waals surface area (Å²) >= 11 is 3.33. The van der Waals surface area contributed by atoms with Crippen molar-refractivity contribution in [3.05, 3.63) is 56.8 Å². The molecule has 6 heteroatoms. The predicted molar refractivity (Wildman–Crippen MR) is 98.0 cm³/mol. The molecule has 1 heterocycles. The number of aromatic nitrogens is 1. The summed E-state index contributed by atoms with van der Waals surface area (Å²) in [6, 6.07) is 7.31. The molecule has 2 rings (SSSR count). The van der Waals surface area contributed by atoms with E-state index in [4.69, 9.17) is 4.74 Å². The van der Waals surface area contributed by atoms with Crippen LogP contribution in [0.25, 0.3) is 0 Å². The first-order valence-electron chi connectivity index (χ1n) is 7.89. The second kappa shape index (κ2) is 7.78. The summed E-state index contributed by atoms with van der Waals surface area (Å²) in [5.41, 5.74) is 2.86. The monoisotopic (exact) mass is 405 g/mol. The van der Waals surface area contributed by atoms with E-state index < -0.39 is 12.1 Å². The van der Waals surface area contributed by atoms with E-state index in [2.05, 4.69) is 20.9 Å². The van der Waals surface area contributed by atoms with Crippen molar-refractivity contribution < 1.29 is 19.1 Å². The van der Waals surface area contributed by atoms with E-state index in [0.717, 1.165) is 10.0 Å². The number of H-pyrrole nitrogens is 1. The lowest BCUT2D eigenvalue weighted by Crippen LogP contribution is -2.26. The lowest BCUT2D eigenvalue weighted by atomic mass is 10.0. The highest BCUT2D eigenvalue weighted by molar-refractivity contribution is 9.10. The third-order valence-corrected chi connectivity index (χ3v) is 4.50. The normalized spacial score (nSPS) is 11.9. The summed E-state index contributed by atoms with van der Waals surface area (Å²) in [6.45, 7) is 6.44. The summed E-state index contributed by atoms with van der Waals surface area (Å²) in [5, 5.41) is 0. The minimum atomic E-state index is -0.931. The number of ketones is 2. The fourth-order valence-corrected chi connectivity index (χ4v) is 3.05. The molecule has 5 nitrogen and oxygen atoms in total. The molecular weight excluding hydrogens is 386 g/mol. The summed E-state index contributed by atoms with van der Waals surface area (Å²) in [5.74, 6) is -0.932. The topological polar surface area (TPSA) is 76.2 Å². The number of ether oxygens (including phenoxy) is 1. The SMILES string of the molecule is CC(=O)c1c(C)[nH]c(C(=O)[C@@H](C)OC(=O)Cc2ccc(Br)cc2)c1C. The van der Waals surface area contributed by atoms with Gasteiger partial charge in [-0.25, -0.2) is 0 Å². The number of benzene rings is 1. The van der Waals surface area contributed by atoms with E-state index in [1.165, 1.54) is 13.8 Å². The van der Waals surface area contributed by atoms with Gasteiger partial charge in [-0.05, 0) is 51.0 Å². The minimum absolute atomic E-state index is 0.0896. The van der Waals surface area contributed by atoms with Crippen LogP contribution in [0.5, 0.6) is 0 Å². The maximum absolute atomic E-state index is 12.6. The number of nitrogens with one attached hydrogen (secondary N) is 1. The van der Waals surface area contributed by atoms with Gasteiger partial charge in [0.2, 0.25) is 5.78 Å². The highest BCUT2D eigenvalue weighted by Crippen LogP contribution is 2.20. The standard InChI is InChI=1S/C19H20BrNO4/c1-10-17(12(3)22)11(2)21-18(10)19(24)13(4)25-16(23)9-14-5-7-15(20)8-6-14/h5-8,13,21H,9H2,1-4H3/t13-/m1/s1. The number of hydrogen-bond acceptors (Lipinski definition) is 4. The van der Waals surface area contributed by atoms with E-state index in [9.17, 15) is 14.4 Å². The van der Waals surface area contributed by atoms with Gasteiger partial charge in [0, 0.05) is 15.7 Å². The van der Waals surface area contributed by atoms with Crippen molar-refractivity contribution in [3.63, 3.8) is 0 Å². The number of aromatic amines is 1. The zero-order valence-electron chi connectivity index (χ0n) is 14.6. The molecule has 132 valence electrons. The molecule has 1 aromatic heterocycles. The number of carbonyl (C=O) groups excluding carboxylic acids is 3. The molecule has 0 fully saturated rings. The van der Waals surface area contributed by atoms with Crippen LogP contribution in [0.3, 0.4) is 0 Å². The molecule has 0 saturated heterocycles. The number of esters is 1. The summed E-state index contributed by atoms with van der Waals surface area (Å²) in [6.07, 6.45) is -0.841. The molecule has 1 N–H and O–H groups in total. The smallest absolute Gasteiger partial charge is 0.310 e. The number of aryl methyl sites for hydroxylation is 1. The third kappa shape index (κ3) is 4.45. The molecule has 1 atom stereocenters. The maximum Gasteiger partial charge on any atom is 0.310 e. The zero-order chi connectivity index (χ0) is 18.7. The van der Waals surface area contributed by atoms with Crippen LogP contribution in [-0.2, 0) is 16.0 Å². The van der Waals surface area contributed by atoms with Crippen LogP contribution in [0.2, 0.25) is 0 Å². The van der Waals surface area contributed by atoms with Gasteiger partial charge in [-0.3, -0.25) is 14.4 Å². The Labute approximate surface area is 154 Å². The predicted octanol–water partition coefficient (Wildman–Crippen LogP) is 3.95. The van der Waals surface area contributed by atoms with E-state index in [1.54, 1.807) is 13.8 Å². The molecule has 0 aliphatic rings. The molecule has 0 spiro atoms. The number of hydrogen-bond donors (Lipinski definition) is 1. The van der Waals surface area contributed by atoms with Gasteiger partial charge in [-0.15, -0.1) is 0 Å². The largest absolute Gasteiger partial charge is 0.454 e. The first-order valence-corrected chi connectivity index (χ1v) is 8.68. The molecule has 0 aliphatic heterocycles. The van der Waals surface area contributed by atoms with Crippen molar-refractivity contribution >= 4 is 33.5 Å². The number of carbonyl (C=O) groups is 3. The molecule has 25 heavy (non-hydrogen) atoms. The fourth-order valence-electron chi connectivity index (χ4n) is 2.79. The van der Waals surface area contributed by atoms with Gasteiger partial charge in [-0.2, -0.15) is 0 Å². The average Bonchev–Trinajstić information content (AvgIpc) is 2.83. The van der Waals surface area contributed by atoms with Crippen LogP contribution in [0.4, 0.5) is 0 Å². The maximum atomic E-state index is 12.6. The molecule has 0 radical (unpaired) electrons. The van der Waals surface area contributed by atoms with Crippen molar-refractivity contribution in [1.82, 2.24) is 4.98 Å². The third-order valence-electron chi connectivity index (χ3n) is 3.98. The Morgan fingerprint density at radius 3 is 2.28 bits per heavy atom.